The molecule has 74 valence electrons. The lowest BCUT2D eigenvalue weighted by Crippen LogP contribution is -1.99. The third-order valence-corrected chi connectivity index (χ3v) is 2.76. The second-order valence-corrected chi connectivity index (χ2v) is 3.87. The Hall–Kier alpha value is -1.31. The molecule has 2 nitrogen and oxygen atoms in total. The van der Waals surface area contributed by atoms with Crippen molar-refractivity contribution in [2.24, 2.45) is 0 Å². The van der Waals surface area contributed by atoms with Gasteiger partial charge in [0.05, 0.1) is 5.69 Å². The minimum absolute atomic E-state index is 0.590. The fraction of sp³-hybridized carbons (Fsp3) is 0.417. The molecule has 1 unspecified atom stereocenters. The average Bonchev–Trinajstić information content (AvgIpc) is 2.56. The zero-order valence-corrected chi connectivity index (χ0v) is 8.99. The molecule has 0 aliphatic carbocycles. The van der Waals surface area contributed by atoms with Crippen molar-refractivity contribution in [3.63, 3.8) is 0 Å². The largest absolute Gasteiger partial charge is 0.304 e. The third kappa shape index (κ3) is 1.41. The minimum Gasteiger partial charge on any atom is -0.304 e. The van der Waals surface area contributed by atoms with Crippen LogP contribution in [0, 0.1) is 6.92 Å². The van der Waals surface area contributed by atoms with Gasteiger partial charge in [0, 0.05) is 11.9 Å². The Bertz CT molecular complexity index is 443. The van der Waals surface area contributed by atoms with E-state index < -0.39 is 0 Å². The molecule has 1 atom stereocenters. The summed E-state index contributed by atoms with van der Waals surface area (Å²) in [5.74, 6) is 0.590. The molecule has 2 rings (SSSR count). The number of pyridine rings is 1. The van der Waals surface area contributed by atoms with Gasteiger partial charge < -0.3 is 4.40 Å². The molecule has 2 heteroatoms. The highest BCUT2D eigenvalue weighted by Gasteiger charge is 2.07. The number of rotatable bonds is 2. The van der Waals surface area contributed by atoms with Crippen LogP contribution in [-0.2, 0) is 0 Å². The molecular weight excluding hydrogens is 172 g/mol. The van der Waals surface area contributed by atoms with Gasteiger partial charge >= 0.3 is 0 Å². The lowest BCUT2D eigenvalue weighted by molar-refractivity contribution is 0.696. The number of aromatic nitrogens is 2. The summed E-state index contributed by atoms with van der Waals surface area (Å²) in [7, 11) is 0. The molecule has 2 aromatic heterocycles. The van der Waals surface area contributed by atoms with E-state index in [2.05, 4.69) is 47.6 Å². The lowest BCUT2D eigenvalue weighted by atomic mass is 10.0. The van der Waals surface area contributed by atoms with Crippen molar-refractivity contribution in [2.75, 3.05) is 0 Å². The molecule has 0 fully saturated rings. The van der Waals surface area contributed by atoms with Crippen LogP contribution in [0.5, 0.6) is 0 Å². The molecule has 0 radical (unpaired) electrons. The van der Waals surface area contributed by atoms with Gasteiger partial charge in [-0.25, -0.2) is 4.98 Å². The number of hydrogen-bond acceptors (Lipinski definition) is 1. The molecule has 0 saturated carbocycles. The van der Waals surface area contributed by atoms with Crippen molar-refractivity contribution >= 4 is 5.65 Å². The molecule has 0 amide bonds. The molecule has 14 heavy (non-hydrogen) atoms. The summed E-state index contributed by atoms with van der Waals surface area (Å²) in [6.07, 6.45) is 3.27. The van der Waals surface area contributed by atoms with Gasteiger partial charge in [-0.2, -0.15) is 0 Å². The van der Waals surface area contributed by atoms with E-state index in [0.29, 0.717) is 5.92 Å². The summed E-state index contributed by atoms with van der Waals surface area (Å²) in [5.41, 5.74) is 3.49. The van der Waals surface area contributed by atoms with E-state index in [-0.39, 0.29) is 0 Å². The number of fused-ring (bicyclic) bond motifs is 1. The molecule has 0 spiro atoms. The van der Waals surface area contributed by atoms with Crippen LogP contribution in [0.3, 0.4) is 0 Å². The Morgan fingerprint density at radius 2 is 2.21 bits per heavy atom. The van der Waals surface area contributed by atoms with Crippen LogP contribution in [0.15, 0.2) is 24.4 Å². The van der Waals surface area contributed by atoms with Gasteiger partial charge in [-0.1, -0.05) is 19.9 Å². The smallest absolute Gasteiger partial charge is 0.137 e. The van der Waals surface area contributed by atoms with Crippen LogP contribution in [0.25, 0.3) is 5.65 Å². The molecular formula is C12H16N2. The van der Waals surface area contributed by atoms with Crippen molar-refractivity contribution in [2.45, 2.75) is 33.1 Å². The minimum atomic E-state index is 0.590. The van der Waals surface area contributed by atoms with E-state index >= 15 is 0 Å². The maximum absolute atomic E-state index is 4.45. The Morgan fingerprint density at radius 1 is 1.43 bits per heavy atom. The SMILES string of the molecule is CCC(C)c1cccc2nc(C)cn12. The van der Waals surface area contributed by atoms with Crippen molar-refractivity contribution < 1.29 is 0 Å². The van der Waals surface area contributed by atoms with Gasteiger partial charge in [-0.3, -0.25) is 0 Å². The van der Waals surface area contributed by atoms with E-state index in [9.17, 15) is 0 Å². The van der Waals surface area contributed by atoms with Gasteiger partial charge in [0.15, 0.2) is 0 Å². The Kier molecular flexibility index (Phi) is 2.28. The first-order valence-electron chi connectivity index (χ1n) is 5.17. The van der Waals surface area contributed by atoms with Gasteiger partial charge in [0.25, 0.3) is 0 Å². The molecule has 0 aliphatic rings. The highest BCUT2D eigenvalue weighted by molar-refractivity contribution is 5.42. The van der Waals surface area contributed by atoms with Crippen LogP contribution in [-0.4, -0.2) is 9.38 Å². The molecule has 0 aliphatic heterocycles. The van der Waals surface area contributed by atoms with Crippen molar-refractivity contribution in [1.29, 1.82) is 0 Å². The number of imidazole rings is 1. The van der Waals surface area contributed by atoms with E-state index in [1.165, 1.54) is 5.69 Å². The van der Waals surface area contributed by atoms with Crippen LogP contribution in [0.1, 0.15) is 37.6 Å². The summed E-state index contributed by atoms with van der Waals surface area (Å²) in [6, 6.07) is 6.32. The zero-order valence-electron chi connectivity index (χ0n) is 8.99. The fourth-order valence-electron chi connectivity index (χ4n) is 1.76. The van der Waals surface area contributed by atoms with E-state index in [1.54, 1.807) is 0 Å². The molecule has 2 heterocycles. The Morgan fingerprint density at radius 3 is 2.93 bits per heavy atom. The Balaban J connectivity index is 2.64. The van der Waals surface area contributed by atoms with E-state index in [1.807, 2.05) is 6.92 Å². The molecule has 2 aromatic rings. The monoisotopic (exact) mass is 188 g/mol. The number of hydrogen-bond donors (Lipinski definition) is 0. The summed E-state index contributed by atoms with van der Waals surface area (Å²) in [6.45, 7) is 6.50. The fourth-order valence-corrected chi connectivity index (χ4v) is 1.76. The van der Waals surface area contributed by atoms with Gasteiger partial charge in [-0.15, -0.1) is 0 Å². The van der Waals surface area contributed by atoms with Gasteiger partial charge in [0.2, 0.25) is 0 Å². The molecule has 0 N–H and O–H groups in total. The first kappa shape index (κ1) is 9.25. The Labute approximate surface area is 84.6 Å². The second-order valence-electron chi connectivity index (χ2n) is 3.87. The second kappa shape index (κ2) is 3.45. The molecule has 0 saturated heterocycles. The van der Waals surface area contributed by atoms with Crippen molar-refractivity contribution in [3.05, 3.63) is 35.8 Å². The quantitative estimate of drug-likeness (QED) is 0.707. The summed E-state index contributed by atoms with van der Waals surface area (Å²) < 4.78 is 2.20. The average molecular weight is 188 g/mol. The normalized spacial score (nSPS) is 13.4. The first-order valence-corrected chi connectivity index (χ1v) is 5.17. The number of nitrogens with zero attached hydrogens (tertiary/aromatic N) is 2. The lowest BCUT2D eigenvalue weighted by Gasteiger charge is -2.10. The summed E-state index contributed by atoms with van der Waals surface area (Å²) in [5, 5.41) is 0. The standard InChI is InChI=1S/C12H16N2/c1-4-9(2)11-6-5-7-12-13-10(3)8-14(11)12/h5-9H,4H2,1-3H3. The third-order valence-electron chi connectivity index (χ3n) is 2.76. The summed E-state index contributed by atoms with van der Waals surface area (Å²) >= 11 is 0. The zero-order chi connectivity index (χ0) is 10.1. The highest BCUT2D eigenvalue weighted by Crippen LogP contribution is 2.20. The van der Waals surface area contributed by atoms with E-state index in [4.69, 9.17) is 0 Å². The maximum Gasteiger partial charge on any atom is 0.137 e. The topological polar surface area (TPSA) is 17.3 Å². The summed E-state index contributed by atoms with van der Waals surface area (Å²) in [4.78, 5) is 4.45. The maximum atomic E-state index is 4.45. The predicted octanol–water partition coefficient (Wildman–Crippen LogP) is 3.16. The molecule has 0 aromatic carbocycles. The first-order chi connectivity index (χ1) is 6.72. The number of aryl methyl sites for hydroxylation is 1. The predicted molar refractivity (Wildman–Crippen MR) is 58.6 cm³/mol. The highest BCUT2D eigenvalue weighted by atomic mass is 15.0. The van der Waals surface area contributed by atoms with Crippen LogP contribution in [0.4, 0.5) is 0 Å². The van der Waals surface area contributed by atoms with Crippen LogP contribution in [0.2, 0.25) is 0 Å². The van der Waals surface area contributed by atoms with Crippen LogP contribution < -0.4 is 0 Å². The van der Waals surface area contributed by atoms with Gasteiger partial charge in [-0.05, 0) is 31.4 Å². The van der Waals surface area contributed by atoms with Crippen molar-refractivity contribution in [1.82, 2.24) is 9.38 Å². The van der Waals surface area contributed by atoms with Gasteiger partial charge in [0.1, 0.15) is 5.65 Å². The van der Waals surface area contributed by atoms with Crippen LogP contribution >= 0.6 is 0 Å². The molecule has 0 bridgehead atoms. The van der Waals surface area contributed by atoms with E-state index in [0.717, 1.165) is 17.8 Å². The van der Waals surface area contributed by atoms with Crippen molar-refractivity contribution in [3.8, 4) is 0 Å².